The Morgan fingerprint density at radius 3 is 1.44 bits per heavy atom. The minimum atomic E-state index is -0.397. The molecule has 0 bridgehead atoms. The summed E-state index contributed by atoms with van der Waals surface area (Å²) in [5, 5.41) is 3.94. The highest BCUT2D eigenvalue weighted by atomic mass is 15.1. The molecule has 57 heavy (non-hydrogen) atoms. The molecule has 10 aromatic carbocycles. The predicted octanol–water partition coefficient (Wildman–Crippen LogP) is 15.8. The van der Waals surface area contributed by atoms with Gasteiger partial charge in [-0.1, -0.05) is 188 Å². The Morgan fingerprint density at radius 2 is 0.772 bits per heavy atom. The zero-order valence-electron chi connectivity index (χ0n) is 38.8. The normalized spacial score (nSPS) is 13.1. The highest BCUT2D eigenvalue weighted by molar-refractivity contribution is 6.04. The summed E-state index contributed by atoms with van der Waals surface area (Å²) in [4.78, 5) is 1.36. The number of hydrogen-bond donors (Lipinski definition) is 0. The Balaban J connectivity index is 1.19. The molecule has 0 unspecified atom stereocenters. The largest absolute Gasteiger partial charge is 0.311 e. The molecule has 0 spiro atoms. The fourth-order valence-corrected chi connectivity index (χ4v) is 7.54. The van der Waals surface area contributed by atoms with Crippen molar-refractivity contribution in [2.45, 2.75) is 0 Å². The minimum Gasteiger partial charge on any atom is -0.311 e. The van der Waals surface area contributed by atoms with Crippen LogP contribution in [-0.4, -0.2) is 0 Å². The maximum absolute atomic E-state index is 9.61. The van der Waals surface area contributed by atoms with Crippen LogP contribution in [0.4, 0.5) is 17.1 Å². The first-order valence-electron chi connectivity index (χ1n) is 22.9. The van der Waals surface area contributed by atoms with Crippen LogP contribution in [0.5, 0.6) is 0 Å². The summed E-state index contributed by atoms with van der Waals surface area (Å²) in [6, 6.07) is 57.4. The molecule has 0 N–H and O–H groups in total. The van der Waals surface area contributed by atoms with Gasteiger partial charge in [-0.2, -0.15) is 0 Å². The van der Waals surface area contributed by atoms with Crippen molar-refractivity contribution in [1.82, 2.24) is 0 Å². The Morgan fingerprint density at radius 1 is 0.281 bits per heavy atom. The Kier molecular flexibility index (Phi) is 6.92. The van der Waals surface area contributed by atoms with Gasteiger partial charge in [0, 0.05) is 17.1 Å². The van der Waals surface area contributed by atoms with E-state index in [-0.39, 0.29) is 46.7 Å². The summed E-state index contributed by atoms with van der Waals surface area (Å²) in [6.45, 7) is 0. The van der Waals surface area contributed by atoms with Gasteiger partial charge in [0.15, 0.2) is 0 Å². The first kappa shape index (κ1) is 26.3. The average molecular weight is 734 g/mol. The average Bonchev–Trinajstić information content (AvgIpc) is 3.35. The standard InChI is InChI=1S/C56H39N/c1-3-12-40(13-4-1)48-19-11-20-49(38-48)42-24-31-51(32-25-42)57(52-33-26-43(27-34-52)50-23-22-41-14-7-8-18-47(41)39-50)53-35-28-46(29-36-53)56-54-21-10-9-17-45(54)30-37-55(56)44-15-5-2-6-16-44/h1-39H/i24D,25D,26D,27D,31D,32D,33D,34D. The molecule has 0 amide bonds. The van der Waals surface area contributed by atoms with E-state index in [1.165, 1.54) is 4.90 Å². The van der Waals surface area contributed by atoms with Gasteiger partial charge in [0.2, 0.25) is 0 Å². The van der Waals surface area contributed by atoms with Crippen LogP contribution in [0.1, 0.15) is 11.0 Å². The lowest BCUT2D eigenvalue weighted by molar-refractivity contribution is 1.28. The van der Waals surface area contributed by atoms with Crippen LogP contribution in [0.15, 0.2) is 236 Å². The van der Waals surface area contributed by atoms with Gasteiger partial charge in [0.1, 0.15) is 0 Å². The van der Waals surface area contributed by atoms with Crippen LogP contribution >= 0.6 is 0 Å². The maximum Gasteiger partial charge on any atom is 0.0645 e. The molecule has 1 nitrogen and oxygen atoms in total. The van der Waals surface area contributed by atoms with Crippen molar-refractivity contribution in [3.8, 4) is 55.6 Å². The maximum atomic E-state index is 9.61. The van der Waals surface area contributed by atoms with Crippen LogP contribution in [0.25, 0.3) is 77.2 Å². The lowest BCUT2D eigenvalue weighted by Gasteiger charge is -2.26. The van der Waals surface area contributed by atoms with Crippen LogP contribution in [-0.2, 0) is 0 Å². The predicted molar refractivity (Wildman–Crippen MR) is 243 cm³/mol. The second-order valence-electron chi connectivity index (χ2n) is 13.9. The van der Waals surface area contributed by atoms with E-state index >= 15 is 0 Å². The zero-order valence-corrected chi connectivity index (χ0v) is 30.8. The molecule has 1 heteroatoms. The fourth-order valence-electron chi connectivity index (χ4n) is 7.54. The number of nitrogens with zero attached hydrogens (tertiary/aromatic N) is 1. The molecule has 0 fully saturated rings. The molecule has 0 aromatic heterocycles. The Bertz CT molecular complexity index is 3400. The van der Waals surface area contributed by atoms with E-state index in [0.717, 1.165) is 54.9 Å². The van der Waals surface area contributed by atoms with Gasteiger partial charge in [0.05, 0.1) is 11.0 Å². The third kappa shape index (κ3) is 6.77. The molecule has 0 aliphatic carbocycles. The SMILES string of the molecule is [2H]c1c([2H])c(N(c2ccc(-c3c(-c4ccccc4)ccc4ccccc34)cc2)c2c([2H])c([2H])c(-c3ccc4ccccc4c3)c([2H])c2[2H])c([2H])c([2H])c1-c1cccc(-c2ccccc2)c1. The van der Waals surface area contributed by atoms with Crippen LogP contribution in [0.2, 0.25) is 0 Å². The van der Waals surface area contributed by atoms with Crippen LogP contribution in [0.3, 0.4) is 0 Å². The summed E-state index contributed by atoms with van der Waals surface area (Å²) < 4.78 is 76.1. The van der Waals surface area contributed by atoms with Crippen molar-refractivity contribution in [3.05, 3.63) is 236 Å². The van der Waals surface area contributed by atoms with Crippen molar-refractivity contribution in [1.29, 1.82) is 0 Å². The number of rotatable bonds is 8. The van der Waals surface area contributed by atoms with Gasteiger partial charge >= 0.3 is 0 Å². The van der Waals surface area contributed by atoms with Gasteiger partial charge in [-0.25, -0.2) is 0 Å². The van der Waals surface area contributed by atoms with E-state index in [1.807, 2.05) is 127 Å². The molecule has 268 valence electrons. The zero-order chi connectivity index (χ0) is 44.9. The number of hydrogen-bond acceptors (Lipinski definition) is 1. The van der Waals surface area contributed by atoms with Gasteiger partial charge in [-0.15, -0.1) is 0 Å². The second-order valence-corrected chi connectivity index (χ2v) is 13.9. The quantitative estimate of drug-likeness (QED) is 0.150. The number of fused-ring (bicyclic) bond motifs is 2. The molecule has 10 aromatic rings. The smallest absolute Gasteiger partial charge is 0.0645 e. The van der Waals surface area contributed by atoms with Crippen molar-refractivity contribution in [2.24, 2.45) is 0 Å². The molecule has 0 aliphatic heterocycles. The van der Waals surface area contributed by atoms with Gasteiger partial charge in [-0.3, -0.25) is 0 Å². The highest BCUT2D eigenvalue weighted by Crippen LogP contribution is 2.42. The van der Waals surface area contributed by atoms with Crippen LogP contribution in [0, 0.1) is 0 Å². The van der Waals surface area contributed by atoms with E-state index in [4.69, 9.17) is 0 Å². The molecule has 10 rings (SSSR count). The third-order valence-electron chi connectivity index (χ3n) is 10.4. The van der Waals surface area contributed by atoms with Crippen molar-refractivity contribution in [3.63, 3.8) is 0 Å². The van der Waals surface area contributed by atoms with E-state index in [9.17, 15) is 11.0 Å². The summed E-state index contributed by atoms with van der Waals surface area (Å²) in [5.74, 6) is 0. The van der Waals surface area contributed by atoms with Crippen molar-refractivity contribution >= 4 is 38.6 Å². The molecule has 0 atom stereocenters. The monoisotopic (exact) mass is 733 g/mol. The molecule has 0 aliphatic rings. The van der Waals surface area contributed by atoms with E-state index in [2.05, 4.69) is 36.4 Å². The summed E-state index contributed by atoms with van der Waals surface area (Å²) in [7, 11) is 0. The van der Waals surface area contributed by atoms with Gasteiger partial charge in [-0.05, 0) is 126 Å². The van der Waals surface area contributed by atoms with Crippen molar-refractivity contribution in [2.75, 3.05) is 4.90 Å². The Labute approximate surface area is 345 Å². The van der Waals surface area contributed by atoms with E-state index in [1.54, 1.807) is 24.3 Å². The summed E-state index contributed by atoms with van der Waals surface area (Å²) >= 11 is 0. The Hall–Kier alpha value is -7.48. The molecule has 0 saturated heterocycles. The molecular formula is C56H39N. The van der Waals surface area contributed by atoms with Gasteiger partial charge < -0.3 is 4.90 Å². The topological polar surface area (TPSA) is 3.24 Å². The number of benzene rings is 10. The molecule has 0 radical (unpaired) electrons. The van der Waals surface area contributed by atoms with Gasteiger partial charge in [0.25, 0.3) is 0 Å². The van der Waals surface area contributed by atoms with E-state index < -0.39 is 24.2 Å². The molecule has 0 heterocycles. The lowest BCUT2D eigenvalue weighted by Crippen LogP contribution is -2.09. The minimum absolute atomic E-state index is 0.104. The summed E-state index contributed by atoms with van der Waals surface area (Å²) in [5.41, 5.74) is 6.84. The fraction of sp³-hybridized carbons (Fsp3) is 0. The lowest BCUT2D eigenvalue weighted by atomic mass is 9.89. The highest BCUT2D eigenvalue weighted by Gasteiger charge is 2.16. The van der Waals surface area contributed by atoms with E-state index in [0.29, 0.717) is 16.8 Å². The second kappa shape index (κ2) is 15.0. The summed E-state index contributed by atoms with van der Waals surface area (Å²) in [6.07, 6.45) is 0. The third-order valence-corrected chi connectivity index (χ3v) is 10.4. The first-order valence-corrected chi connectivity index (χ1v) is 18.9. The molecular weight excluding hydrogens is 687 g/mol. The first-order chi connectivity index (χ1) is 31.6. The van der Waals surface area contributed by atoms with Crippen molar-refractivity contribution < 1.29 is 11.0 Å². The molecule has 0 saturated carbocycles. The number of anilines is 3. The van der Waals surface area contributed by atoms with Crippen LogP contribution < -0.4 is 4.90 Å².